The molecule has 174 valence electrons. The van der Waals surface area contributed by atoms with E-state index in [1.54, 1.807) is 6.07 Å². The zero-order valence-corrected chi connectivity index (χ0v) is 19.9. The zero-order valence-electron chi connectivity index (χ0n) is 19.9. The van der Waals surface area contributed by atoms with Gasteiger partial charge in [0.15, 0.2) is 5.96 Å². The molecule has 2 aromatic carbocycles. The second kappa shape index (κ2) is 12.0. The summed E-state index contributed by atoms with van der Waals surface area (Å²) in [7, 11) is 3.90. The van der Waals surface area contributed by atoms with Gasteiger partial charge in [0.1, 0.15) is 5.82 Å². The van der Waals surface area contributed by atoms with Crippen molar-refractivity contribution in [3.63, 3.8) is 0 Å². The molecule has 0 aliphatic carbocycles. The van der Waals surface area contributed by atoms with E-state index in [9.17, 15) is 4.39 Å². The Morgan fingerprint density at radius 1 is 1.16 bits per heavy atom. The zero-order chi connectivity index (χ0) is 22.9. The van der Waals surface area contributed by atoms with Gasteiger partial charge in [0.05, 0.1) is 6.54 Å². The fraction of sp³-hybridized carbons (Fsp3) is 0.500. The molecule has 1 fully saturated rings. The molecule has 0 spiro atoms. The lowest BCUT2D eigenvalue weighted by atomic mass is 9.97. The molecule has 1 heterocycles. The summed E-state index contributed by atoms with van der Waals surface area (Å²) in [5.74, 6) is 0.674. The molecule has 2 atom stereocenters. The Kier molecular flexibility index (Phi) is 9.06. The Bertz CT molecular complexity index is 868. The van der Waals surface area contributed by atoms with Crippen molar-refractivity contribution in [3.05, 3.63) is 71.0 Å². The van der Waals surface area contributed by atoms with Crippen LogP contribution in [0.2, 0.25) is 0 Å². The molecule has 5 nitrogen and oxygen atoms in total. The Balaban J connectivity index is 1.57. The predicted octanol–water partition coefficient (Wildman–Crippen LogP) is 4.00. The average molecular weight is 440 g/mol. The normalized spacial score (nSPS) is 19.9. The van der Waals surface area contributed by atoms with E-state index in [2.05, 4.69) is 59.7 Å². The minimum Gasteiger partial charge on any atom is -0.357 e. The quantitative estimate of drug-likeness (QED) is 0.482. The van der Waals surface area contributed by atoms with Crippen LogP contribution in [0, 0.1) is 5.82 Å². The Labute approximate surface area is 192 Å². The van der Waals surface area contributed by atoms with Crippen LogP contribution in [0.15, 0.2) is 53.5 Å². The number of likely N-dealkylation sites (tertiary alicyclic amines) is 1. The fourth-order valence-electron chi connectivity index (χ4n) is 4.28. The fourth-order valence-corrected chi connectivity index (χ4v) is 4.28. The summed E-state index contributed by atoms with van der Waals surface area (Å²) in [6.45, 7) is 8.38. The van der Waals surface area contributed by atoms with Gasteiger partial charge in [-0.2, -0.15) is 0 Å². The number of benzene rings is 2. The number of piperidine rings is 1. The monoisotopic (exact) mass is 439 g/mol. The number of hydrogen-bond donors (Lipinski definition) is 2. The lowest BCUT2D eigenvalue weighted by Gasteiger charge is -2.38. The van der Waals surface area contributed by atoms with Crippen molar-refractivity contribution in [1.29, 1.82) is 0 Å². The van der Waals surface area contributed by atoms with Crippen LogP contribution in [0.5, 0.6) is 0 Å². The maximum absolute atomic E-state index is 14.1. The highest BCUT2D eigenvalue weighted by Gasteiger charge is 2.26. The number of nitrogens with zero attached hydrogens (tertiary/aromatic N) is 3. The lowest BCUT2D eigenvalue weighted by molar-refractivity contribution is 0.134. The minimum absolute atomic E-state index is 0.160. The molecule has 0 saturated carbocycles. The summed E-state index contributed by atoms with van der Waals surface area (Å²) in [5.41, 5.74) is 3.10. The first-order valence-electron chi connectivity index (χ1n) is 11.7. The summed E-state index contributed by atoms with van der Waals surface area (Å²) < 4.78 is 14.1. The van der Waals surface area contributed by atoms with Crippen molar-refractivity contribution in [2.75, 3.05) is 27.2 Å². The molecule has 3 rings (SSSR count). The van der Waals surface area contributed by atoms with Gasteiger partial charge in [0, 0.05) is 43.8 Å². The highest BCUT2D eigenvalue weighted by Crippen LogP contribution is 2.20. The molecule has 32 heavy (non-hydrogen) atoms. The van der Waals surface area contributed by atoms with E-state index < -0.39 is 0 Å². The first-order chi connectivity index (χ1) is 15.4. The number of rotatable bonds is 8. The van der Waals surface area contributed by atoms with Crippen molar-refractivity contribution >= 4 is 5.96 Å². The third kappa shape index (κ3) is 7.31. The predicted molar refractivity (Wildman–Crippen MR) is 131 cm³/mol. The van der Waals surface area contributed by atoms with E-state index in [4.69, 9.17) is 4.99 Å². The standard InChI is InChI=1S/C26H38FN5/c1-5-28-26(29-17-22-11-12-25(27)23(16-22)19-31(3)4)30-24-13-14-32(20(2)15-24)18-21-9-7-6-8-10-21/h6-12,16,20,24H,5,13-15,17-19H2,1-4H3,(H2,28,29,30). The number of aliphatic imine (C=N–C) groups is 1. The van der Waals surface area contributed by atoms with Gasteiger partial charge in [0.25, 0.3) is 0 Å². The van der Waals surface area contributed by atoms with E-state index in [0.29, 0.717) is 30.7 Å². The van der Waals surface area contributed by atoms with Crippen LogP contribution < -0.4 is 10.6 Å². The molecular formula is C26H38FN5. The first kappa shape index (κ1) is 24.2. The second-order valence-electron chi connectivity index (χ2n) is 9.03. The molecule has 1 saturated heterocycles. The number of halogens is 1. The SMILES string of the molecule is CCNC(=NCc1ccc(F)c(CN(C)C)c1)NC1CCN(Cc2ccccc2)C(C)C1. The maximum atomic E-state index is 14.1. The van der Waals surface area contributed by atoms with E-state index in [-0.39, 0.29) is 5.82 Å². The topological polar surface area (TPSA) is 42.9 Å². The van der Waals surface area contributed by atoms with Gasteiger partial charge in [-0.05, 0) is 64.0 Å². The smallest absolute Gasteiger partial charge is 0.191 e. The minimum atomic E-state index is -0.160. The van der Waals surface area contributed by atoms with Gasteiger partial charge in [-0.25, -0.2) is 9.38 Å². The van der Waals surface area contributed by atoms with Crippen molar-refractivity contribution in [2.45, 2.75) is 58.4 Å². The molecule has 0 bridgehead atoms. The summed E-state index contributed by atoms with van der Waals surface area (Å²) in [6.07, 6.45) is 2.17. The Hall–Kier alpha value is -2.44. The Morgan fingerprint density at radius 2 is 1.94 bits per heavy atom. The van der Waals surface area contributed by atoms with Crippen LogP contribution in [0.3, 0.4) is 0 Å². The largest absolute Gasteiger partial charge is 0.357 e. The highest BCUT2D eigenvalue weighted by atomic mass is 19.1. The van der Waals surface area contributed by atoms with E-state index in [1.165, 1.54) is 5.56 Å². The van der Waals surface area contributed by atoms with Gasteiger partial charge in [-0.15, -0.1) is 0 Å². The van der Waals surface area contributed by atoms with Gasteiger partial charge in [0.2, 0.25) is 0 Å². The summed E-state index contributed by atoms with van der Waals surface area (Å²) in [5, 5.41) is 7.00. The molecule has 2 N–H and O–H groups in total. The van der Waals surface area contributed by atoms with Gasteiger partial charge in [-0.1, -0.05) is 36.4 Å². The molecular weight excluding hydrogens is 401 g/mol. The van der Waals surface area contributed by atoms with Crippen LogP contribution in [-0.4, -0.2) is 55.0 Å². The van der Waals surface area contributed by atoms with Gasteiger partial charge in [-0.3, -0.25) is 4.90 Å². The number of hydrogen-bond acceptors (Lipinski definition) is 3. The van der Waals surface area contributed by atoms with E-state index in [0.717, 1.165) is 44.0 Å². The van der Waals surface area contributed by atoms with Crippen LogP contribution in [0.4, 0.5) is 4.39 Å². The van der Waals surface area contributed by atoms with E-state index in [1.807, 2.05) is 31.1 Å². The van der Waals surface area contributed by atoms with E-state index >= 15 is 0 Å². The molecule has 0 aromatic heterocycles. The maximum Gasteiger partial charge on any atom is 0.191 e. The molecule has 1 aliphatic rings. The molecule has 2 unspecified atom stereocenters. The lowest BCUT2D eigenvalue weighted by Crippen LogP contribution is -2.51. The van der Waals surface area contributed by atoms with Crippen LogP contribution in [-0.2, 0) is 19.6 Å². The van der Waals surface area contributed by atoms with Gasteiger partial charge >= 0.3 is 0 Å². The van der Waals surface area contributed by atoms with Crippen LogP contribution in [0.25, 0.3) is 0 Å². The number of nitrogens with one attached hydrogen (secondary N) is 2. The summed E-state index contributed by atoms with van der Waals surface area (Å²) >= 11 is 0. The molecule has 0 amide bonds. The first-order valence-corrected chi connectivity index (χ1v) is 11.7. The molecule has 0 radical (unpaired) electrons. The van der Waals surface area contributed by atoms with Crippen molar-refractivity contribution in [2.24, 2.45) is 4.99 Å². The van der Waals surface area contributed by atoms with Crippen molar-refractivity contribution in [3.8, 4) is 0 Å². The third-order valence-corrected chi connectivity index (χ3v) is 5.94. The van der Waals surface area contributed by atoms with Crippen molar-refractivity contribution in [1.82, 2.24) is 20.4 Å². The van der Waals surface area contributed by atoms with Crippen LogP contribution in [0.1, 0.15) is 43.4 Å². The molecule has 6 heteroatoms. The number of guanidine groups is 1. The molecule has 1 aliphatic heterocycles. The summed E-state index contributed by atoms with van der Waals surface area (Å²) in [6, 6.07) is 16.9. The second-order valence-corrected chi connectivity index (χ2v) is 9.03. The average Bonchev–Trinajstić information content (AvgIpc) is 2.76. The Morgan fingerprint density at radius 3 is 2.62 bits per heavy atom. The third-order valence-electron chi connectivity index (χ3n) is 5.94. The summed E-state index contributed by atoms with van der Waals surface area (Å²) in [4.78, 5) is 9.32. The molecule has 2 aromatic rings. The van der Waals surface area contributed by atoms with Crippen LogP contribution >= 0.6 is 0 Å². The van der Waals surface area contributed by atoms with Crippen molar-refractivity contribution < 1.29 is 4.39 Å². The van der Waals surface area contributed by atoms with Gasteiger partial charge < -0.3 is 15.5 Å². The highest BCUT2D eigenvalue weighted by molar-refractivity contribution is 5.80.